The number of carbonyl (C=O) groups excluding carboxylic acids is 3. The quantitative estimate of drug-likeness (QED) is 0.430. The summed E-state index contributed by atoms with van der Waals surface area (Å²) in [6.45, 7) is -0.127. The number of carboxylic acids is 1. The number of carboxylic acid groups (broad SMARTS) is 1. The highest BCUT2D eigenvalue weighted by Gasteiger charge is 2.36. The number of amides is 2. The SMILES string of the molecule is COC(=O)c1ccc(CN2C(=O)S/C(=C/c3ccc(-c4ccc(C(=O)O)cc4)o3)C2=O)o1. The minimum Gasteiger partial charge on any atom is -0.478 e. The number of aromatic carboxylic acids is 1. The lowest BCUT2D eigenvalue weighted by Crippen LogP contribution is -2.27. The zero-order chi connectivity index (χ0) is 22.8. The Labute approximate surface area is 185 Å². The number of thioether (sulfide) groups is 1. The van der Waals surface area contributed by atoms with Gasteiger partial charge in [0.15, 0.2) is 0 Å². The maximum Gasteiger partial charge on any atom is 0.373 e. The second-order valence-corrected chi connectivity index (χ2v) is 7.60. The van der Waals surface area contributed by atoms with Crippen molar-refractivity contribution in [2.24, 2.45) is 0 Å². The summed E-state index contributed by atoms with van der Waals surface area (Å²) in [7, 11) is 1.22. The van der Waals surface area contributed by atoms with Gasteiger partial charge < -0.3 is 18.7 Å². The molecule has 1 aromatic carbocycles. The van der Waals surface area contributed by atoms with E-state index in [9.17, 15) is 19.2 Å². The predicted octanol–water partition coefficient (Wildman–Crippen LogP) is 4.26. The molecule has 32 heavy (non-hydrogen) atoms. The van der Waals surface area contributed by atoms with Crippen molar-refractivity contribution in [3.8, 4) is 11.3 Å². The maximum absolute atomic E-state index is 12.7. The number of hydrogen-bond donors (Lipinski definition) is 1. The number of carbonyl (C=O) groups is 4. The van der Waals surface area contributed by atoms with E-state index in [4.69, 9.17) is 13.9 Å². The Morgan fingerprint density at radius 1 is 1.06 bits per heavy atom. The van der Waals surface area contributed by atoms with Crippen LogP contribution in [-0.4, -0.2) is 40.2 Å². The molecular formula is C22H15NO8S. The van der Waals surface area contributed by atoms with Gasteiger partial charge in [-0.15, -0.1) is 0 Å². The lowest BCUT2D eigenvalue weighted by molar-refractivity contribution is -0.123. The number of benzene rings is 1. The normalized spacial score (nSPS) is 14.9. The van der Waals surface area contributed by atoms with Crippen molar-refractivity contribution >= 4 is 40.9 Å². The molecule has 0 bridgehead atoms. The third-order valence-corrected chi connectivity index (χ3v) is 5.46. The van der Waals surface area contributed by atoms with Crippen LogP contribution in [0.25, 0.3) is 17.4 Å². The van der Waals surface area contributed by atoms with Gasteiger partial charge in [-0.3, -0.25) is 14.5 Å². The first-order valence-electron chi connectivity index (χ1n) is 9.21. The second-order valence-electron chi connectivity index (χ2n) is 6.61. The molecule has 1 saturated heterocycles. The summed E-state index contributed by atoms with van der Waals surface area (Å²) < 4.78 is 15.6. The summed E-state index contributed by atoms with van der Waals surface area (Å²) in [5.41, 5.74) is 0.825. The van der Waals surface area contributed by atoms with Gasteiger partial charge in [-0.05, 0) is 48.2 Å². The largest absolute Gasteiger partial charge is 0.478 e. The fourth-order valence-electron chi connectivity index (χ4n) is 2.96. The Morgan fingerprint density at radius 3 is 2.50 bits per heavy atom. The van der Waals surface area contributed by atoms with Gasteiger partial charge in [0.05, 0.1) is 24.1 Å². The monoisotopic (exact) mass is 453 g/mol. The van der Waals surface area contributed by atoms with Crippen molar-refractivity contribution in [1.82, 2.24) is 4.90 Å². The number of ether oxygens (including phenoxy) is 1. The topological polar surface area (TPSA) is 127 Å². The Balaban J connectivity index is 1.49. The molecule has 0 unspecified atom stereocenters. The lowest BCUT2D eigenvalue weighted by Gasteiger charge is -2.09. The van der Waals surface area contributed by atoms with E-state index in [1.807, 2.05) is 0 Å². The van der Waals surface area contributed by atoms with Gasteiger partial charge in [-0.1, -0.05) is 12.1 Å². The molecule has 0 saturated carbocycles. The van der Waals surface area contributed by atoms with E-state index < -0.39 is 23.1 Å². The third-order valence-electron chi connectivity index (χ3n) is 4.55. The highest BCUT2D eigenvalue weighted by atomic mass is 32.2. The van der Waals surface area contributed by atoms with E-state index in [0.717, 1.165) is 16.7 Å². The van der Waals surface area contributed by atoms with Crippen LogP contribution < -0.4 is 0 Å². The molecule has 162 valence electrons. The zero-order valence-corrected chi connectivity index (χ0v) is 17.4. The molecule has 1 aliphatic rings. The van der Waals surface area contributed by atoms with Gasteiger partial charge >= 0.3 is 11.9 Å². The summed E-state index contributed by atoms with van der Waals surface area (Å²) in [6, 6.07) is 12.4. The van der Waals surface area contributed by atoms with Crippen LogP contribution in [0.15, 0.2) is 62.3 Å². The van der Waals surface area contributed by atoms with Crippen molar-refractivity contribution in [3.05, 3.63) is 76.3 Å². The van der Waals surface area contributed by atoms with Gasteiger partial charge in [0, 0.05) is 11.6 Å². The van der Waals surface area contributed by atoms with E-state index in [1.165, 1.54) is 37.5 Å². The van der Waals surface area contributed by atoms with E-state index in [-0.39, 0.29) is 28.5 Å². The fourth-order valence-corrected chi connectivity index (χ4v) is 3.78. The number of methoxy groups -OCH3 is 1. The number of nitrogens with zero attached hydrogens (tertiary/aromatic N) is 1. The molecule has 1 aliphatic heterocycles. The van der Waals surface area contributed by atoms with Crippen molar-refractivity contribution < 1.29 is 37.9 Å². The average molecular weight is 453 g/mol. The molecule has 0 radical (unpaired) electrons. The highest BCUT2D eigenvalue weighted by molar-refractivity contribution is 8.18. The molecule has 1 N–H and O–H groups in total. The molecule has 1 fully saturated rings. The predicted molar refractivity (Wildman–Crippen MR) is 113 cm³/mol. The molecule has 0 atom stereocenters. The van der Waals surface area contributed by atoms with Crippen molar-refractivity contribution in [2.75, 3.05) is 7.11 Å². The molecule has 0 aliphatic carbocycles. The first-order valence-corrected chi connectivity index (χ1v) is 10.0. The smallest absolute Gasteiger partial charge is 0.373 e. The minimum atomic E-state index is -1.02. The van der Waals surface area contributed by atoms with E-state index in [1.54, 1.807) is 24.3 Å². The number of hydrogen-bond acceptors (Lipinski definition) is 8. The molecule has 0 spiro atoms. The van der Waals surface area contributed by atoms with E-state index >= 15 is 0 Å². The molecular weight excluding hydrogens is 438 g/mol. The van der Waals surface area contributed by atoms with Crippen LogP contribution in [-0.2, 0) is 16.1 Å². The Hall–Kier alpha value is -4.05. The third kappa shape index (κ3) is 4.21. The number of rotatable bonds is 6. The highest BCUT2D eigenvalue weighted by Crippen LogP contribution is 2.34. The van der Waals surface area contributed by atoms with Gasteiger partial charge in [0.25, 0.3) is 11.1 Å². The van der Waals surface area contributed by atoms with E-state index in [2.05, 4.69) is 4.74 Å². The lowest BCUT2D eigenvalue weighted by atomic mass is 10.1. The van der Waals surface area contributed by atoms with Gasteiger partial charge in [-0.2, -0.15) is 0 Å². The Morgan fingerprint density at radius 2 is 1.81 bits per heavy atom. The summed E-state index contributed by atoms with van der Waals surface area (Å²) in [5, 5.41) is 8.51. The number of imide groups is 1. The number of furan rings is 2. The number of esters is 1. The second kappa shape index (κ2) is 8.60. The molecule has 3 heterocycles. The molecule has 2 amide bonds. The Kier molecular flexibility index (Phi) is 5.69. The Bertz CT molecular complexity index is 1250. The van der Waals surface area contributed by atoms with Crippen molar-refractivity contribution in [2.45, 2.75) is 6.54 Å². The standard InChI is InChI=1S/C22H15NO8S/c1-29-21(27)17-9-7-15(31-17)11-23-19(24)18(32-22(23)28)10-14-6-8-16(30-14)12-2-4-13(5-3-12)20(25)26/h2-10H,11H2,1H3,(H,25,26)/b18-10+. The van der Waals surface area contributed by atoms with Crippen LogP contribution >= 0.6 is 11.8 Å². The van der Waals surface area contributed by atoms with Crippen LogP contribution in [0.2, 0.25) is 0 Å². The summed E-state index contributed by atoms with van der Waals surface area (Å²) in [5.74, 6) is -1.11. The van der Waals surface area contributed by atoms with E-state index in [0.29, 0.717) is 17.1 Å². The van der Waals surface area contributed by atoms with Crippen LogP contribution in [0.5, 0.6) is 0 Å². The molecule has 10 heteroatoms. The van der Waals surface area contributed by atoms with Crippen molar-refractivity contribution in [3.63, 3.8) is 0 Å². The fraction of sp³-hybridized carbons (Fsp3) is 0.0909. The van der Waals surface area contributed by atoms with Crippen molar-refractivity contribution in [1.29, 1.82) is 0 Å². The first kappa shape index (κ1) is 21.2. The summed E-state index contributed by atoms with van der Waals surface area (Å²) in [6.07, 6.45) is 1.46. The first-order chi connectivity index (χ1) is 15.4. The molecule has 3 aromatic rings. The summed E-state index contributed by atoms with van der Waals surface area (Å²) >= 11 is 0.764. The average Bonchev–Trinajstić information content (AvgIpc) is 3.50. The molecule has 9 nitrogen and oxygen atoms in total. The van der Waals surface area contributed by atoms with Crippen LogP contribution in [0.4, 0.5) is 4.79 Å². The van der Waals surface area contributed by atoms with Crippen LogP contribution in [0.3, 0.4) is 0 Å². The maximum atomic E-state index is 12.7. The van der Waals surface area contributed by atoms with Gasteiger partial charge in [-0.25, -0.2) is 9.59 Å². The molecule has 4 rings (SSSR count). The molecule has 2 aromatic heterocycles. The van der Waals surface area contributed by atoms with Gasteiger partial charge in [0.1, 0.15) is 17.3 Å². The van der Waals surface area contributed by atoms with Gasteiger partial charge in [0.2, 0.25) is 5.76 Å². The minimum absolute atomic E-state index is 0.0236. The van der Waals surface area contributed by atoms with Crippen LogP contribution in [0, 0.1) is 0 Å². The zero-order valence-electron chi connectivity index (χ0n) is 16.6. The summed E-state index contributed by atoms with van der Waals surface area (Å²) in [4.78, 5) is 48.6. The van der Waals surface area contributed by atoms with Crippen LogP contribution in [0.1, 0.15) is 32.4 Å².